The molecule has 0 saturated heterocycles. The van der Waals surface area contributed by atoms with E-state index < -0.39 is 0 Å². The highest BCUT2D eigenvalue weighted by Gasteiger charge is 2.12. The van der Waals surface area contributed by atoms with Gasteiger partial charge in [0.15, 0.2) is 17.3 Å². The summed E-state index contributed by atoms with van der Waals surface area (Å²) in [5, 5.41) is 6.68. The van der Waals surface area contributed by atoms with Crippen LogP contribution in [0.5, 0.6) is 11.5 Å². The summed E-state index contributed by atoms with van der Waals surface area (Å²) in [4.78, 5) is 19.1. The maximum Gasteiger partial charge on any atom is 0.257 e. The summed E-state index contributed by atoms with van der Waals surface area (Å²) in [6.07, 6.45) is 0. The first kappa shape index (κ1) is 22.3. The van der Waals surface area contributed by atoms with E-state index in [0.717, 1.165) is 25.2 Å². The van der Waals surface area contributed by atoms with Gasteiger partial charge >= 0.3 is 0 Å². The molecule has 0 aliphatic heterocycles. The number of rotatable bonds is 10. The summed E-state index contributed by atoms with van der Waals surface area (Å²) in [7, 11) is 1.59. The van der Waals surface area contributed by atoms with Gasteiger partial charge in [0.1, 0.15) is 6.61 Å². The van der Waals surface area contributed by atoms with E-state index in [1.165, 1.54) is 0 Å². The van der Waals surface area contributed by atoms with E-state index in [-0.39, 0.29) is 5.91 Å². The van der Waals surface area contributed by atoms with Crippen molar-refractivity contribution in [2.45, 2.75) is 20.8 Å². The Hall–Kier alpha value is -3.39. The van der Waals surface area contributed by atoms with Crippen molar-refractivity contribution >= 4 is 11.6 Å². The molecule has 0 atom stereocenters. The molecule has 0 aliphatic rings. The summed E-state index contributed by atoms with van der Waals surface area (Å²) < 4.78 is 16.5. The number of aromatic nitrogens is 2. The zero-order valence-electron chi connectivity index (χ0n) is 18.3. The molecule has 0 radical (unpaired) electrons. The molecule has 0 spiro atoms. The van der Waals surface area contributed by atoms with Crippen molar-refractivity contribution in [2.24, 2.45) is 0 Å². The molecule has 0 bridgehead atoms. The first-order chi connectivity index (χ1) is 15.0. The SMILES string of the molecule is CCN(CC)CCOc1cc(NC(=O)c2ccc(-c3nc(C)no3)cc2)ccc1OC. The molecule has 8 heteroatoms. The molecule has 2 aromatic carbocycles. The smallest absolute Gasteiger partial charge is 0.257 e. The van der Waals surface area contributed by atoms with E-state index in [4.69, 9.17) is 14.0 Å². The fourth-order valence-electron chi connectivity index (χ4n) is 3.07. The first-order valence-corrected chi connectivity index (χ1v) is 10.3. The molecule has 0 unspecified atom stereocenters. The van der Waals surface area contributed by atoms with E-state index in [9.17, 15) is 4.79 Å². The molecule has 8 nitrogen and oxygen atoms in total. The Balaban J connectivity index is 1.66. The maximum absolute atomic E-state index is 12.7. The second-order valence-electron chi connectivity index (χ2n) is 6.92. The average Bonchev–Trinajstić information content (AvgIpc) is 3.23. The van der Waals surface area contributed by atoms with Crippen LogP contribution in [-0.4, -0.2) is 54.3 Å². The van der Waals surface area contributed by atoms with Crippen LogP contribution in [0.25, 0.3) is 11.5 Å². The van der Waals surface area contributed by atoms with Gasteiger partial charge in [0.05, 0.1) is 7.11 Å². The van der Waals surface area contributed by atoms with Gasteiger partial charge in [-0.15, -0.1) is 0 Å². The van der Waals surface area contributed by atoms with Crippen LogP contribution < -0.4 is 14.8 Å². The van der Waals surface area contributed by atoms with Gasteiger partial charge in [-0.05, 0) is 56.4 Å². The molecule has 3 rings (SSSR count). The second kappa shape index (κ2) is 10.6. The van der Waals surface area contributed by atoms with Crippen LogP contribution in [0.15, 0.2) is 47.0 Å². The number of likely N-dealkylation sites (N-methyl/N-ethyl adjacent to an activating group) is 1. The van der Waals surface area contributed by atoms with Crippen molar-refractivity contribution in [2.75, 3.05) is 38.7 Å². The number of ether oxygens (including phenoxy) is 2. The van der Waals surface area contributed by atoms with Crippen LogP contribution in [0, 0.1) is 6.92 Å². The summed E-state index contributed by atoms with van der Waals surface area (Å²) in [5.74, 6) is 1.97. The van der Waals surface area contributed by atoms with Crippen molar-refractivity contribution in [3.63, 3.8) is 0 Å². The predicted octanol–water partition coefficient (Wildman–Crippen LogP) is 4.03. The molecule has 1 amide bonds. The number of methoxy groups -OCH3 is 1. The average molecular weight is 425 g/mol. The van der Waals surface area contributed by atoms with E-state index >= 15 is 0 Å². The number of amides is 1. The van der Waals surface area contributed by atoms with Gasteiger partial charge in [-0.1, -0.05) is 19.0 Å². The van der Waals surface area contributed by atoms with Crippen molar-refractivity contribution in [1.29, 1.82) is 0 Å². The van der Waals surface area contributed by atoms with Gasteiger partial charge < -0.3 is 24.2 Å². The van der Waals surface area contributed by atoms with Crippen LogP contribution in [-0.2, 0) is 0 Å². The lowest BCUT2D eigenvalue weighted by Gasteiger charge is -2.19. The number of aryl methyl sites for hydroxylation is 1. The highest BCUT2D eigenvalue weighted by molar-refractivity contribution is 6.04. The lowest BCUT2D eigenvalue weighted by molar-refractivity contribution is 0.102. The number of carbonyl (C=O) groups excluding carboxylic acids is 1. The van der Waals surface area contributed by atoms with Gasteiger partial charge in [-0.2, -0.15) is 4.98 Å². The molecule has 164 valence electrons. The number of nitrogens with zero attached hydrogens (tertiary/aromatic N) is 3. The number of benzene rings is 2. The van der Waals surface area contributed by atoms with Crippen LogP contribution in [0.3, 0.4) is 0 Å². The second-order valence-corrected chi connectivity index (χ2v) is 6.92. The molecule has 1 aromatic heterocycles. The van der Waals surface area contributed by atoms with E-state index in [1.54, 1.807) is 56.5 Å². The third-order valence-corrected chi connectivity index (χ3v) is 4.90. The minimum atomic E-state index is -0.229. The van der Waals surface area contributed by atoms with Gasteiger partial charge in [-0.25, -0.2) is 0 Å². The highest BCUT2D eigenvalue weighted by atomic mass is 16.5. The molecule has 1 heterocycles. The lowest BCUT2D eigenvalue weighted by atomic mass is 10.1. The summed E-state index contributed by atoms with van der Waals surface area (Å²) in [5.41, 5.74) is 1.89. The molecule has 0 saturated carbocycles. The third-order valence-electron chi connectivity index (χ3n) is 4.90. The summed E-state index contributed by atoms with van der Waals surface area (Å²) >= 11 is 0. The molecule has 1 N–H and O–H groups in total. The Bertz CT molecular complexity index is 997. The molecule has 3 aromatic rings. The Morgan fingerprint density at radius 2 is 1.84 bits per heavy atom. The van der Waals surface area contributed by atoms with Crippen LogP contribution in [0.4, 0.5) is 5.69 Å². The number of hydrogen-bond donors (Lipinski definition) is 1. The van der Waals surface area contributed by atoms with Gasteiger partial charge in [0, 0.05) is 29.4 Å². The zero-order chi connectivity index (χ0) is 22.2. The van der Waals surface area contributed by atoms with Crippen LogP contribution in [0.2, 0.25) is 0 Å². The van der Waals surface area contributed by atoms with Crippen LogP contribution >= 0.6 is 0 Å². The van der Waals surface area contributed by atoms with Gasteiger partial charge in [0.25, 0.3) is 11.8 Å². The fraction of sp³-hybridized carbons (Fsp3) is 0.348. The summed E-state index contributed by atoms with van der Waals surface area (Å²) in [6, 6.07) is 12.3. The first-order valence-electron chi connectivity index (χ1n) is 10.3. The number of hydrogen-bond acceptors (Lipinski definition) is 7. The molecular formula is C23H28N4O4. The number of carbonyl (C=O) groups is 1. The molecule has 0 fully saturated rings. The molecule has 31 heavy (non-hydrogen) atoms. The Labute approximate surface area is 182 Å². The fourth-order valence-corrected chi connectivity index (χ4v) is 3.07. The summed E-state index contributed by atoms with van der Waals surface area (Å²) in [6.45, 7) is 9.29. The predicted molar refractivity (Wildman–Crippen MR) is 119 cm³/mol. The number of nitrogens with one attached hydrogen (secondary N) is 1. The normalized spacial score (nSPS) is 10.9. The minimum Gasteiger partial charge on any atom is -0.493 e. The standard InChI is InChI=1S/C23H28N4O4/c1-5-27(6-2)13-14-30-21-15-19(11-12-20(21)29-4)25-22(28)17-7-9-18(10-8-17)23-24-16(3)26-31-23/h7-12,15H,5-6,13-14H2,1-4H3,(H,25,28). The van der Waals surface area contributed by atoms with Crippen molar-refractivity contribution in [1.82, 2.24) is 15.0 Å². The molecular weight excluding hydrogens is 396 g/mol. The Morgan fingerprint density at radius 1 is 1.10 bits per heavy atom. The molecule has 0 aliphatic carbocycles. The Kier molecular flexibility index (Phi) is 7.61. The quantitative estimate of drug-likeness (QED) is 0.526. The van der Waals surface area contributed by atoms with Crippen molar-refractivity contribution < 1.29 is 18.8 Å². The Morgan fingerprint density at radius 3 is 2.45 bits per heavy atom. The third kappa shape index (κ3) is 5.82. The highest BCUT2D eigenvalue weighted by Crippen LogP contribution is 2.30. The van der Waals surface area contributed by atoms with E-state index in [2.05, 4.69) is 34.2 Å². The van der Waals surface area contributed by atoms with Gasteiger partial charge in [0.2, 0.25) is 0 Å². The lowest BCUT2D eigenvalue weighted by Crippen LogP contribution is -2.28. The van der Waals surface area contributed by atoms with Gasteiger partial charge in [-0.3, -0.25) is 4.79 Å². The maximum atomic E-state index is 12.7. The van der Waals surface area contributed by atoms with E-state index in [1.807, 2.05) is 0 Å². The van der Waals surface area contributed by atoms with Crippen LogP contribution in [0.1, 0.15) is 30.0 Å². The van der Waals surface area contributed by atoms with Crippen molar-refractivity contribution in [3.05, 3.63) is 53.9 Å². The minimum absolute atomic E-state index is 0.229. The van der Waals surface area contributed by atoms with E-state index in [0.29, 0.717) is 41.1 Å². The topological polar surface area (TPSA) is 89.7 Å². The zero-order valence-corrected chi connectivity index (χ0v) is 18.3. The number of anilines is 1. The monoisotopic (exact) mass is 424 g/mol. The largest absolute Gasteiger partial charge is 0.493 e. The van der Waals surface area contributed by atoms with Crippen molar-refractivity contribution in [3.8, 4) is 23.0 Å².